The zero-order valence-electron chi connectivity index (χ0n) is 5.77. The SMILES string of the molecule is Cl.Cl.Cl.Cl.NCC(=O)O.O.O.[AlH3].[Zr]. The Bertz CT molecular complexity index is 65.4. The van der Waals surface area contributed by atoms with E-state index >= 15 is 0 Å². The van der Waals surface area contributed by atoms with E-state index < -0.39 is 5.97 Å². The first-order chi connectivity index (χ1) is 2.27. The van der Waals surface area contributed by atoms with Gasteiger partial charge in [0.1, 0.15) is 0 Å². The summed E-state index contributed by atoms with van der Waals surface area (Å²) >= 11 is 0. The molecule has 11 heteroatoms. The van der Waals surface area contributed by atoms with Crippen LogP contribution in [0.15, 0.2) is 0 Å². The zero-order chi connectivity index (χ0) is 4.28. The second-order valence-electron chi connectivity index (χ2n) is 0.598. The van der Waals surface area contributed by atoms with Gasteiger partial charge in [-0.2, -0.15) is 0 Å². The van der Waals surface area contributed by atoms with Crippen LogP contribution in [0.5, 0.6) is 0 Å². The molecule has 0 rings (SSSR count). The second kappa shape index (κ2) is 66.3. The van der Waals surface area contributed by atoms with Crippen LogP contribution in [0.4, 0.5) is 0 Å². The monoisotopic (exact) mass is 375 g/mol. The summed E-state index contributed by atoms with van der Waals surface area (Å²) in [6, 6.07) is 0. The van der Waals surface area contributed by atoms with Gasteiger partial charge in [-0.15, -0.1) is 49.6 Å². The molecule has 0 aliphatic carbocycles. The number of nitrogens with two attached hydrogens (primary N) is 1. The Kier molecular flexibility index (Phi) is 420. The van der Waals surface area contributed by atoms with Gasteiger partial charge in [0.05, 0.1) is 6.54 Å². The molecule has 88 valence electrons. The average molecular weight is 378 g/mol. The van der Waals surface area contributed by atoms with Crippen LogP contribution < -0.4 is 5.73 Å². The Morgan fingerprint density at radius 1 is 1.08 bits per heavy atom. The van der Waals surface area contributed by atoms with Crippen molar-refractivity contribution >= 4 is 73.0 Å². The van der Waals surface area contributed by atoms with Crippen molar-refractivity contribution in [2.24, 2.45) is 5.73 Å². The van der Waals surface area contributed by atoms with Gasteiger partial charge in [-0.3, -0.25) is 4.79 Å². The molecule has 0 heterocycles. The summed E-state index contributed by atoms with van der Waals surface area (Å²) in [5.41, 5.74) is 4.57. The number of rotatable bonds is 1. The Morgan fingerprint density at radius 3 is 1.15 bits per heavy atom. The van der Waals surface area contributed by atoms with Crippen LogP contribution in [0.3, 0.4) is 0 Å². The van der Waals surface area contributed by atoms with E-state index in [0.29, 0.717) is 0 Å². The van der Waals surface area contributed by atoms with Crippen LogP contribution in [-0.2, 0) is 31.0 Å². The fraction of sp³-hybridized carbons (Fsp3) is 0.500. The second-order valence-corrected chi connectivity index (χ2v) is 0.598. The van der Waals surface area contributed by atoms with Crippen LogP contribution in [0.2, 0.25) is 0 Å². The van der Waals surface area contributed by atoms with Crippen molar-refractivity contribution in [3.63, 3.8) is 0 Å². The molecule has 0 amide bonds. The van der Waals surface area contributed by atoms with E-state index in [2.05, 4.69) is 5.73 Å². The largest absolute Gasteiger partial charge is 0.480 e. The van der Waals surface area contributed by atoms with Crippen LogP contribution in [0.1, 0.15) is 0 Å². The quantitative estimate of drug-likeness (QED) is 0.507. The summed E-state index contributed by atoms with van der Waals surface area (Å²) in [5, 5.41) is 7.60. The molecule has 0 saturated heterocycles. The molecule has 0 aliphatic heterocycles. The molecular formula is C2H16AlCl4NO4Zr. The molecule has 0 radical (unpaired) electrons. The average Bonchev–Trinajstić information content (AvgIpc) is 1.38. The minimum absolute atomic E-state index is 0. The first-order valence-corrected chi connectivity index (χ1v) is 1.19. The van der Waals surface area contributed by atoms with E-state index in [1.807, 2.05) is 0 Å². The molecule has 0 aliphatic rings. The molecular weight excluding hydrogens is 362 g/mol. The van der Waals surface area contributed by atoms with E-state index in [0.717, 1.165) is 0 Å². The molecule has 0 fully saturated rings. The van der Waals surface area contributed by atoms with E-state index in [1.165, 1.54) is 0 Å². The smallest absolute Gasteiger partial charge is 0.317 e. The predicted octanol–water partition coefficient (Wildman–Crippen LogP) is -2.12. The predicted molar refractivity (Wildman–Crippen MR) is 62.8 cm³/mol. The van der Waals surface area contributed by atoms with Gasteiger partial charge in [0, 0.05) is 26.2 Å². The molecule has 0 bridgehead atoms. The molecule has 0 spiro atoms. The number of carbonyl (C=O) groups is 1. The number of carboxylic acid groups (broad SMARTS) is 1. The first kappa shape index (κ1) is 82.4. The van der Waals surface area contributed by atoms with Gasteiger partial charge in [-0.25, -0.2) is 0 Å². The fourth-order valence-electron chi connectivity index (χ4n) is 0. The molecule has 0 saturated carbocycles. The Labute approximate surface area is 131 Å². The molecule has 0 aromatic rings. The fourth-order valence-corrected chi connectivity index (χ4v) is 0. The summed E-state index contributed by atoms with van der Waals surface area (Å²) in [6.45, 7) is -0.278. The third-order valence-electron chi connectivity index (χ3n) is 0.175. The third kappa shape index (κ3) is 129. The van der Waals surface area contributed by atoms with Crippen molar-refractivity contribution in [2.75, 3.05) is 6.54 Å². The summed E-state index contributed by atoms with van der Waals surface area (Å²) in [5.74, 6) is -0.968. The number of halogens is 4. The van der Waals surface area contributed by atoms with Gasteiger partial charge in [-0.05, 0) is 0 Å². The normalized spacial score (nSPS) is 2.85. The number of hydrogen-bond donors (Lipinski definition) is 2. The van der Waals surface area contributed by atoms with Crippen molar-refractivity contribution in [2.45, 2.75) is 0 Å². The summed E-state index contributed by atoms with van der Waals surface area (Å²) < 4.78 is 0. The van der Waals surface area contributed by atoms with Gasteiger partial charge in [0.2, 0.25) is 0 Å². The maximum absolute atomic E-state index is 9.24. The first-order valence-electron chi connectivity index (χ1n) is 1.19. The molecule has 13 heavy (non-hydrogen) atoms. The Morgan fingerprint density at radius 2 is 1.15 bits per heavy atom. The standard InChI is InChI=1S/C2H5NO2.Al.4ClH.2H2O.Zr.3H/c3-1-2(4)5;;;;;;;;;;;/h1,3H2,(H,4,5);;4*1H;2*1H2;;;;. The Balaban J connectivity index is -0.00000000286. The van der Waals surface area contributed by atoms with Crippen molar-refractivity contribution in [3.05, 3.63) is 0 Å². The number of hydrogen-bond acceptors (Lipinski definition) is 2. The van der Waals surface area contributed by atoms with Gasteiger partial charge in [-0.1, -0.05) is 0 Å². The summed E-state index contributed by atoms with van der Waals surface area (Å²) in [7, 11) is 0. The summed E-state index contributed by atoms with van der Waals surface area (Å²) in [4.78, 5) is 9.24. The summed E-state index contributed by atoms with van der Waals surface area (Å²) in [6.07, 6.45) is 0. The van der Waals surface area contributed by atoms with Crippen LogP contribution in [0.25, 0.3) is 0 Å². The van der Waals surface area contributed by atoms with E-state index in [9.17, 15) is 4.79 Å². The van der Waals surface area contributed by atoms with Crippen LogP contribution in [0, 0.1) is 0 Å². The van der Waals surface area contributed by atoms with Crippen molar-refractivity contribution in [1.82, 2.24) is 0 Å². The molecule has 0 unspecified atom stereocenters. The van der Waals surface area contributed by atoms with Gasteiger partial charge >= 0.3 is 5.97 Å². The molecule has 0 atom stereocenters. The topological polar surface area (TPSA) is 126 Å². The van der Waals surface area contributed by atoms with Crippen molar-refractivity contribution < 1.29 is 47.1 Å². The molecule has 0 aromatic carbocycles. The maximum Gasteiger partial charge on any atom is 0.317 e. The van der Waals surface area contributed by atoms with Crippen molar-refractivity contribution in [1.29, 1.82) is 0 Å². The Hall–Kier alpha value is 1.93. The van der Waals surface area contributed by atoms with Crippen LogP contribution >= 0.6 is 49.6 Å². The number of aliphatic carboxylic acids is 1. The molecule has 0 aromatic heterocycles. The molecule has 7 N–H and O–H groups in total. The maximum atomic E-state index is 9.24. The van der Waals surface area contributed by atoms with Crippen molar-refractivity contribution in [3.8, 4) is 0 Å². The minimum Gasteiger partial charge on any atom is -0.480 e. The van der Waals surface area contributed by atoms with E-state index in [1.54, 1.807) is 0 Å². The zero-order valence-corrected chi connectivity index (χ0v) is 11.5. The van der Waals surface area contributed by atoms with Gasteiger partial charge in [0.25, 0.3) is 0 Å². The third-order valence-corrected chi connectivity index (χ3v) is 0.175. The van der Waals surface area contributed by atoms with Crippen LogP contribution in [-0.4, -0.2) is 45.9 Å². The minimum atomic E-state index is -0.968. The molecule has 5 nitrogen and oxygen atoms in total. The van der Waals surface area contributed by atoms with E-state index in [-0.39, 0.29) is 111 Å². The van der Waals surface area contributed by atoms with Gasteiger partial charge < -0.3 is 21.8 Å². The van der Waals surface area contributed by atoms with Gasteiger partial charge in [0.15, 0.2) is 17.4 Å². The number of carboxylic acids is 1. The van der Waals surface area contributed by atoms with E-state index in [4.69, 9.17) is 5.11 Å².